The third-order valence-corrected chi connectivity index (χ3v) is 3.93. The first kappa shape index (κ1) is 12.6. The molecule has 0 spiro atoms. The molecule has 0 bridgehead atoms. The molecule has 0 amide bonds. The van der Waals surface area contributed by atoms with Crippen LogP contribution >= 0.6 is 11.3 Å². The maximum atomic E-state index is 13.8. The van der Waals surface area contributed by atoms with Crippen LogP contribution in [0.15, 0.2) is 53.9 Å². The fraction of sp³-hybridized carbons (Fsp3) is 0. The number of benzene rings is 2. The molecule has 3 aromatic rings. The van der Waals surface area contributed by atoms with E-state index in [0.29, 0.717) is 11.0 Å². The molecule has 1 aromatic heterocycles. The molecule has 0 atom stereocenters. The Balaban J connectivity index is 2.24. The molecule has 0 aliphatic carbocycles. The number of fused-ring (bicyclic) bond motifs is 1. The number of rotatable bonds is 2. The van der Waals surface area contributed by atoms with Gasteiger partial charge in [0, 0.05) is 15.8 Å². The van der Waals surface area contributed by atoms with E-state index < -0.39 is 0 Å². The fourth-order valence-corrected chi connectivity index (χ4v) is 2.84. The maximum Gasteiger partial charge on any atom is 0.131 e. The molecule has 3 rings (SSSR count). The Morgan fingerprint density at radius 3 is 2.55 bits per heavy atom. The van der Waals surface area contributed by atoms with Crippen molar-refractivity contribution in [2.45, 2.75) is 0 Å². The van der Waals surface area contributed by atoms with Gasteiger partial charge in [-0.15, -0.1) is 11.3 Å². The molecule has 1 heterocycles. The van der Waals surface area contributed by atoms with Crippen molar-refractivity contribution in [3.8, 4) is 6.07 Å². The van der Waals surface area contributed by atoms with Gasteiger partial charge in [-0.05, 0) is 29.0 Å². The Bertz CT molecular complexity index is 826. The SMILES string of the molecule is N#C/C(=C\c1cccs1)c1ccc(F)c2ccccc12. The van der Waals surface area contributed by atoms with Crippen LogP contribution in [0.1, 0.15) is 10.4 Å². The van der Waals surface area contributed by atoms with E-state index in [2.05, 4.69) is 6.07 Å². The summed E-state index contributed by atoms with van der Waals surface area (Å²) in [7, 11) is 0. The van der Waals surface area contributed by atoms with E-state index in [4.69, 9.17) is 0 Å². The number of thiophene rings is 1. The normalized spacial score (nSPS) is 11.5. The molecule has 20 heavy (non-hydrogen) atoms. The van der Waals surface area contributed by atoms with Gasteiger partial charge < -0.3 is 0 Å². The summed E-state index contributed by atoms with van der Waals surface area (Å²) in [6.07, 6.45) is 1.84. The minimum atomic E-state index is -0.266. The smallest absolute Gasteiger partial charge is 0.131 e. The van der Waals surface area contributed by atoms with Gasteiger partial charge in [-0.2, -0.15) is 5.26 Å². The minimum absolute atomic E-state index is 0.266. The first-order valence-electron chi connectivity index (χ1n) is 6.12. The molecular weight excluding hydrogens is 269 g/mol. The van der Waals surface area contributed by atoms with Gasteiger partial charge in [-0.25, -0.2) is 4.39 Å². The number of halogens is 1. The van der Waals surface area contributed by atoms with Gasteiger partial charge in [-0.3, -0.25) is 0 Å². The van der Waals surface area contributed by atoms with Crippen molar-refractivity contribution in [3.05, 3.63) is 70.2 Å². The standard InChI is InChI=1S/C17H10FNS/c18-17-8-7-14(15-5-1-2-6-16(15)17)12(11-19)10-13-4-3-9-20-13/h1-10H/b12-10+. The van der Waals surface area contributed by atoms with Crippen LogP contribution < -0.4 is 0 Å². The first-order chi connectivity index (χ1) is 9.79. The fourth-order valence-electron chi connectivity index (χ4n) is 2.18. The Labute approximate surface area is 120 Å². The van der Waals surface area contributed by atoms with Crippen molar-refractivity contribution in [2.75, 3.05) is 0 Å². The van der Waals surface area contributed by atoms with Gasteiger partial charge in [0.25, 0.3) is 0 Å². The summed E-state index contributed by atoms with van der Waals surface area (Å²) in [6.45, 7) is 0. The second-order valence-electron chi connectivity index (χ2n) is 4.33. The van der Waals surface area contributed by atoms with E-state index in [-0.39, 0.29) is 5.82 Å². The summed E-state index contributed by atoms with van der Waals surface area (Å²) < 4.78 is 13.8. The van der Waals surface area contributed by atoms with Crippen molar-refractivity contribution < 1.29 is 4.39 Å². The number of allylic oxidation sites excluding steroid dienone is 1. The van der Waals surface area contributed by atoms with Gasteiger partial charge in [0.15, 0.2) is 0 Å². The largest absolute Gasteiger partial charge is 0.206 e. The van der Waals surface area contributed by atoms with Crippen molar-refractivity contribution in [1.29, 1.82) is 5.26 Å². The van der Waals surface area contributed by atoms with Crippen LogP contribution in [0.5, 0.6) is 0 Å². The molecule has 0 aliphatic rings. The summed E-state index contributed by atoms with van der Waals surface area (Å²) in [5, 5.41) is 12.7. The second kappa shape index (κ2) is 5.28. The molecule has 0 N–H and O–H groups in total. The van der Waals surface area contributed by atoms with Crippen LogP contribution in [0.4, 0.5) is 4.39 Å². The molecule has 96 valence electrons. The number of hydrogen-bond acceptors (Lipinski definition) is 2. The van der Waals surface area contributed by atoms with Crippen molar-refractivity contribution >= 4 is 33.8 Å². The zero-order valence-electron chi connectivity index (χ0n) is 10.5. The summed E-state index contributed by atoms with van der Waals surface area (Å²) >= 11 is 1.57. The number of hydrogen-bond donors (Lipinski definition) is 0. The first-order valence-corrected chi connectivity index (χ1v) is 7.00. The Hall–Kier alpha value is -2.44. The summed E-state index contributed by atoms with van der Waals surface area (Å²) in [5.74, 6) is -0.266. The third-order valence-electron chi connectivity index (χ3n) is 3.11. The minimum Gasteiger partial charge on any atom is -0.206 e. The molecule has 0 radical (unpaired) electrons. The highest BCUT2D eigenvalue weighted by Crippen LogP contribution is 2.28. The van der Waals surface area contributed by atoms with Gasteiger partial charge in [-0.1, -0.05) is 36.4 Å². The lowest BCUT2D eigenvalue weighted by Crippen LogP contribution is -1.87. The van der Waals surface area contributed by atoms with Crippen molar-refractivity contribution in [1.82, 2.24) is 0 Å². The summed E-state index contributed by atoms with van der Waals surface area (Å²) in [5.41, 5.74) is 1.31. The van der Waals surface area contributed by atoms with Gasteiger partial charge in [0.05, 0.1) is 11.6 Å². The zero-order valence-corrected chi connectivity index (χ0v) is 11.3. The molecule has 1 nitrogen and oxygen atoms in total. The Morgan fingerprint density at radius 1 is 1.05 bits per heavy atom. The van der Waals surface area contributed by atoms with Gasteiger partial charge in [0.2, 0.25) is 0 Å². The number of nitrogens with zero attached hydrogens (tertiary/aromatic N) is 1. The second-order valence-corrected chi connectivity index (χ2v) is 5.31. The van der Waals surface area contributed by atoms with Crippen LogP contribution in [-0.2, 0) is 0 Å². The van der Waals surface area contributed by atoms with Crippen LogP contribution in [0.25, 0.3) is 22.4 Å². The molecule has 0 fully saturated rings. The van der Waals surface area contributed by atoms with E-state index in [1.165, 1.54) is 6.07 Å². The average Bonchev–Trinajstić information content (AvgIpc) is 2.99. The van der Waals surface area contributed by atoms with E-state index in [0.717, 1.165) is 15.8 Å². The van der Waals surface area contributed by atoms with Crippen molar-refractivity contribution in [3.63, 3.8) is 0 Å². The zero-order chi connectivity index (χ0) is 13.9. The third kappa shape index (κ3) is 2.22. The molecule has 0 saturated heterocycles. The highest BCUT2D eigenvalue weighted by molar-refractivity contribution is 7.10. The lowest BCUT2D eigenvalue weighted by molar-refractivity contribution is 0.640. The van der Waals surface area contributed by atoms with E-state index in [9.17, 15) is 9.65 Å². The Kier molecular flexibility index (Phi) is 3.32. The van der Waals surface area contributed by atoms with Crippen LogP contribution in [0.3, 0.4) is 0 Å². The highest BCUT2D eigenvalue weighted by Gasteiger charge is 2.09. The highest BCUT2D eigenvalue weighted by atomic mass is 32.1. The lowest BCUT2D eigenvalue weighted by Gasteiger charge is -2.06. The van der Waals surface area contributed by atoms with E-state index in [1.54, 1.807) is 29.5 Å². The molecule has 0 saturated carbocycles. The van der Waals surface area contributed by atoms with Gasteiger partial charge >= 0.3 is 0 Å². The van der Waals surface area contributed by atoms with Gasteiger partial charge in [0.1, 0.15) is 5.82 Å². The summed E-state index contributed by atoms with van der Waals surface area (Å²) in [4.78, 5) is 1.01. The Morgan fingerprint density at radius 2 is 1.85 bits per heavy atom. The van der Waals surface area contributed by atoms with Crippen LogP contribution in [0.2, 0.25) is 0 Å². The quantitative estimate of drug-likeness (QED) is 0.598. The average molecular weight is 279 g/mol. The monoisotopic (exact) mass is 279 g/mol. The molecule has 0 aliphatic heterocycles. The maximum absolute atomic E-state index is 13.8. The van der Waals surface area contributed by atoms with Crippen molar-refractivity contribution in [2.24, 2.45) is 0 Å². The predicted molar refractivity (Wildman–Crippen MR) is 81.7 cm³/mol. The van der Waals surface area contributed by atoms with Crippen LogP contribution in [0, 0.1) is 17.1 Å². The lowest BCUT2D eigenvalue weighted by atomic mass is 9.98. The van der Waals surface area contributed by atoms with E-state index in [1.807, 2.05) is 35.7 Å². The van der Waals surface area contributed by atoms with Crippen LogP contribution in [-0.4, -0.2) is 0 Å². The van der Waals surface area contributed by atoms with E-state index >= 15 is 0 Å². The topological polar surface area (TPSA) is 23.8 Å². The summed E-state index contributed by atoms with van der Waals surface area (Å²) in [6, 6.07) is 16.4. The molecule has 2 aromatic carbocycles. The molecule has 3 heteroatoms. The molecule has 0 unspecified atom stereocenters. The molecular formula is C17H10FNS. The predicted octanol–water partition coefficient (Wildman–Crippen LogP) is 5.10. The number of nitriles is 1.